The van der Waals surface area contributed by atoms with Crippen LogP contribution in [0.2, 0.25) is 0 Å². The topological polar surface area (TPSA) is 21.7 Å². The summed E-state index contributed by atoms with van der Waals surface area (Å²) in [7, 11) is 0. The van der Waals surface area contributed by atoms with Crippen LogP contribution in [0.5, 0.6) is 11.5 Å². The van der Waals surface area contributed by atoms with E-state index < -0.39 is 6.36 Å². The summed E-state index contributed by atoms with van der Waals surface area (Å²) in [5.74, 6) is 0.287. The maximum atomic E-state index is 12.3. The number of nitrogens with zero attached hydrogens (tertiary/aromatic N) is 1. The van der Waals surface area contributed by atoms with E-state index in [1.807, 2.05) is 0 Å². The Kier molecular flexibility index (Phi) is 3.51. The van der Waals surface area contributed by atoms with E-state index in [-0.39, 0.29) is 17.9 Å². The minimum Gasteiger partial charge on any atom is -0.488 e. The van der Waals surface area contributed by atoms with E-state index in [4.69, 9.17) is 4.74 Å². The Bertz CT molecular complexity index is 530. The van der Waals surface area contributed by atoms with Gasteiger partial charge >= 0.3 is 6.36 Å². The molecule has 0 spiro atoms. The Balaban J connectivity index is 1.89. The number of rotatable bonds is 2. The van der Waals surface area contributed by atoms with Gasteiger partial charge in [0.2, 0.25) is 0 Å². The predicted octanol–water partition coefficient (Wildman–Crippen LogP) is 3.89. The lowest BCUT2D eigenvalue weighted by molar-refractivity contribution is -0.274. The van der Waals surface area contributed by atoms with Crippen molar-refractivity contribution in [3.63, 3.8) is 0 Å². The van der Waals surface area contributed by atoms with Crippen molar-refractivity contribution in [1.29, 1.82) is 0 Å². The van der Waals surface area contributed by atoms with Gasteiger partial charge in [-0.25, -0.2) is 0 Å². The zero-order chi connectivity index (χ0) is 15.2. The largest absolute Gasteiger partial charge is 0.573 e. The zero-order valence-electron chi connectivity index (χ0n) is 12.0. The number of likely N-dealkylation sites (tertiary alicyclic amines) is 1. The van der Waals surface area contributed by atoms with Crippen molar-refractivity contribution in [1.82, 2.24) is 4.90 Å². The fourth-order valence-corrected chi connectivity index (χ4v) is 3.29. The summed E-state index contributed by atoms with van der Waals surface area (Å²) in [6.07, 6.45) is -2.68. The molecule has 3 rings (SSSR count). The van der Waals surface area contributed by atoms with E-state index in [0.717, 1.165) is 24.9 Å². The molecule has 0 bridgehead atoms. The van der Waals surface area contributed by atoms with E-state index in [9.17, 15) is 13.2 Å². The van der Waals surface area contributed by atoms with E-state index in [1.165, 1.54) is 12.1 Å². The van der Waals surface area contributed by atoms with Crippen LogP contribution in [0, 0.1) is 0 Å². The first-order chi connectivity index (χ1) is 9.85. The molecule has 2 aliphatic heterocycles. The lowest BCUT2D eigenvalue weighted by atomic mass is 9.93. The van der Waals surface area contributed by atoms with Crippen molar-refractivity contribution in [2.24, 2.45) is 0 Å². The average Bonchev–Trinajstić information content (AvgIpc) is 2.73. The molecule has 0 unspecified atom stereocenters. The number of alkyl halides is 3. The van der Waals surface area contributed by atoms with Crippen LogP contribution >= 0.6 is 0 Å². The molecule has 6 heteroatoms. The summed E-state index contributed by atoms with van der Waals surface area (Å²) < 4.78 is 46.7. The molecule has 0 N–H and O–H groups in total. The minimum atomic E-state index is -4.68. The summed E-state index contributed by atoms with van der Waals surface area (Å²) in [5, 5.41) is 0. The number of ether oxygens (including phenoxy) is 2. The molecule has 1 aromatic carbocycles. The monoisotopic (exact) mass is 301 g/mol. The van der Waals surface area contributed by atoms with Crippen LogP contribution in [0.25, 0.3) is 0 Å². The number of fused-ring (bicyclic) bond motifs is 3. The van der Waals surface area contributed by atoms with Crippen molar-refractivity contribution in [3.8, 4) is 11.5 Å². The standard InChI is InChI=1S/C15H18F3NO2/c1-9(2)19-7-3-4-12-14(19)11-6-5-10(8-13(11)20-12)21-15(16,17)18/h5-6,8-9,12,14H,3-4,7H2,1-2H3/t12-,14-/m0/s1. The summed E-state index contributed by atoms with van der Waals surface area (Å²) >= 11 is 0. The van der Waals surface area contributed by atoms with Crippen LogP contribution in [-0.4, -0.2) is 30.0 Å². The Morgan fingerprint density at radius 2 is 2.10 bits per heavy atom. The van der Waals surface area contributed by atoms with Gasteiger partial charge in [-0.2, -0.15) is 0 Å². The molecule has 0 aliphatic carbocycles. The molecule has 1 aromatic rings. The Morgan fingerprint density at radius 3 is 2.76 bits per heavy atom. The highest BCUT2D eigenvalue weighted by Crippen LogP contribution is 2.46. The second kappa shape index (κ2) is 5.09. The van der Waals surface area contributed by atoms with E-state index in [0.29, 0.717) is 11.8 Å². The molecule has 1 fully saturated rings. The molecule has 3 nitrogen and oxygen atoms in total. The van der Waals surface area contributed by atoms with Crippen LogP contribution in [-0.2, 0) is 0 Å². The van der Waals surface area contributed by atoms with Crippen molar-refractivity contribution in [2.45, 2.75) is 51.2 Å². The molecule has 2 aliphatic rings. The normalized spacial score (nSPS) is 25.4. The molecule has 2 heterocycles. The number of hydrogen-bond donors (Lipinski definition) is 0. The number of halogens is 3. The van der Waals surface area contributed by atoms with Gasteiger partial charge in [0, 0.05) is 17.7 Å². The molecule has 0 aromatic heterocycles. The highest BCUT2D eigenvalue weighted by molar-refractivity contribution is 5.46. The fourth-order valence-electron chi connectivity index (χ4n) is 3.29. The van der Waals surface area contributed by atoms with Crippen LogP contribution < -0.4 is 9.47 Å². The highest BCUT2D eigenvalue weighted by Gasteiger charge is 2.42. The lowest BCUT2D eigenvalue weighted by Crippen LogP contribution is -2.44. The molecular formula is C15H18F3NO2. The third kappa shape index (κ3) is 2.81. The van der Waals surface area contributed by atoms with E-state index in [1.54, 1.807) is 6.07 Å². The maximum Gasteiger partial charge on any atom is 0.573 e. The average molecular weight is 301 g/mol. The van der Waals surface area contributed by atoms with Crippen LogP contribution in [0.3, 0.4) is 0 Å². The Labute approximate surface area is 121 Å². The lowest BCUT2D eigenvalue weighted by Gasteiger charge is -2.39. The SMILES string of the molecule is CC(C)N1CCC[C@@H]2Oc3cc(OC(F)(F)F)ccc3[C@@H]21. The van der Waals surface area contributed by atoms with Gasteiger partial charge in [0.25, 0.3) is 0 Å². The van der Waals surface area contributed by atoms with Gasteiger partial charge in [0.05, 0.1) is 6.04 Å². The summed E-state index contributed by atoms with van der Waals surface area (Å²) in [6.45, 7) is 5.24. The van der Waals surface area contributed by atoms with E-state index >= 15 is 0 Å². The summed E-state index contributed by atoms with van der Waals surface area (Å²) in [6, 6.07) is 4.92. The van der Waals surface area contributed by atoms with Gasteiger partial charge in [-0.05, 0) is 45.4 Å². The van der Waals surface area contributed by atoms with Crippen molar-refractivity contribution in [2.75, 3.05) is 6.54 Å². The minimum absolute atomic E-state index is 0.0253. The van der Waals surface area contributed by atoms with Crippen LogP contribution in [0.1, 0.15) is 38.3 Å². The third-order valence-corrected chi connectivity index (χ3v) is 4.09. The molecule has 0 amide bonds. The molecule has 0 saturated carbocycles. The molecule has 21 heavy (non-hydrogen) atoms. The molecule has 1 saturated heterocycles. The van der Waals surface area contributed by atoms with Gasteiger partial charge in [0.1, 0.15) is 17.6 Å². The first-order valence-electron chi connectivity index (χ1n) is 7.17. The second-order valence-electron chi connectivity index (χ2n) is 5.82. The summed E-state index contributed by atoms with van der Waals surface area (Å²) in [4.78, 5) is 2.35. The Hall–Kier alpha value is -1.43. The van der Waals surface area contributed by atoms with Gasteiger partial charge in [-0.1, -0.05) is 0 Å². The van der Waals surface area contributed by atoms with Gasteiger partial charge in [0.15, 0.2) is 0 Å². The highest BCUT2D eigenvalue weighted by atomic mass is 19.4. The fraction of sp³-hybridized carbons (Fsp3) is 0.600. The molecule has 116 valence electrons. The molecule has 0 radical (unpaired) electrons. The van der Waals surface area contributed by atoms with Crippen LogP contribution in [0.4, 0.5) is 13.2 Å². The van der Waals surface area contributed by atoms with Gasteiger partial charge in [-0.3, -0.25) is 4.90 Å². The summed E-state index contributed by atoms with van der Waals surface area (Å²) in [5.41, 5.74) is 0.961. The van der Waals surface area contributed by atoms with Crippen molar-refractivity contribution in [3.05, 3.63) is 23.8 Å². The third-order valence-electron chi connectivity index (χ3n) is 4.09. The first-order valence-corrected chi connectivity index (χ1v) is 7.17. The van der Waals surface area contributed by atoms with Crippen LogP contribution in [0.15, 0.2) is 18.2 Å². The number of hydrogen-bond acceptors (Lipinski definition) is 3. The number of benzene rings is 1. The quantitative estimate of drug-likeness (QED) is 0.827. The smallest absolute Gasteiger partial charge is 0.488 e. The first kappa shape index (κ1) is 14.5. The molecular weight excluding hydrogens is 283 g/mol. The maximum absolute atomic E-state index is 12.3. The van der Waals surface area contributed by atoms with Gasteiger partial charge in [-0.15, -0.1) is 13.2 Å². The second-order valence-corrected chi connectivity index (χ2v) is 5.82. The van der Waals surface area contributed by atoms with Crippen molar-refractivity contribution >= 4 is 0 Å². The predicted molar refractivity (Wildman–Crippen MR) is 71.4 cm³/mol. The zero-order valence-corrected chi connectivity index (χ0v) is 12.0. The molecule has 2 atom stereocenters. The van der Waals surface area contributed by atoms with E-state index in [2.05, 4.69) is 23.5 Å². The number of piperidine rings is 1. The van der Waals surface area contributed by atoms with Gasteiger partial charge < -0.3 is 9.47 Å². The van der Waals surface area contributed by atoms with Crippen molar-refractivity contribution < 1.29 is 22.6 Å². The Morgan fingerprint density at radius 1 is 1.33 bits per heavy atom.